The highest BCUT2D eigenvalue weighted by atomic mass is 16.5. The van der Waals surface area contributed by atoms with E-state index in [-0.39, 0.29) is 17.7 Å². The van der Waals surface area contributed by atoms with Gasteiger partial charge in [-0.2, -0.15) is 0 Å². The number of hydrogen-bond donors (Lipinski definition) is 1. The molecule has 1 unspecified atom stereocenters. The minimum atomic E-state index is -0.349. The van der Waals surface area contributed by atoms with Gasteiger partial charge in [0.2, 0.25) is 17.7 Å². The molecule has 0 saturated carbocycles. The third-order valence-electron chi connectivity index (χ3n) is 5.21. The van der Waals surface area contributed by atoms with Crippen LogP contribution >= 0.6 is 0 Å². The van der Waals surface area contributed by atoms with E-state index in [0.29, 0.717) is 37.0 Å². The second-order valence-corrected chi connectivity index (χ2v) is 8.06. The van der Waals surface area contributed by atoms with E-state index < -0.39 is 0 Å². The second kappa shape index (κ2) is 12.4. The smallest absolute Gasteiger partial charge is 0.229 e. The Morgan fingerprint density at radius 3 is 2.31 bits per heavy atom. The average Bonchev–Trinajstić information content (AvgIpc) is 2.85. The number of carbonyl (C=O) groups is 2. The lowest BCUT2D eigenvalue weighted by atomic mass is 10.0. The molecule has 184 valence electrons. The van der Waals surface area contributed by atoms with Crippen molar-refractivity contribution in [3.05, 3.63) is 66.5 Å². The predicted octanol–water partition coefficient (Wildman–Crippen LogP) is 3.63. The van der Waals surface area contributed by atoms with Gasteiger partial charge in [0.1, 0.15) is 36.0 Å². The Bertz CT molecular complexity index is 1120. The van der Waals surface area contributed by atoms with Crippen LogP contribution in [0.1, 0.15) is 19.4 Å². The first-order valence-corrected chi connectivity index (χ1v) is 11.2. The van der Waals surface area contributed by atoms with E-state index in [0.717, 1.165) is 17.1 Å². The normalized spacial score (nSPS) is 11.3. The molecule has 9 heteroatoms. The summed E-state index contributed by atoms with van der Waals surface area (Å²) in [5.41, 5.74) is 0.992. The highest BCUT2D eigenvalue weighted by Gasteiger charge is 2.14. The van der Waals surface area contributed by atoms with E-state index in [9.17, 15) is 9.59 Å². The second-order valence-electron chi connectivity index (χ2n) is 8.06. The number of rotatable bonds is 11. The van der Waals surface area contributed by atoms with E-state index in [1.807, 2.05) is 60.5 Å². The van der Waals surface area contributed by atoms with Crippen LogP contribution in [0.4, 0.5) is 5.82 Å². The molecule has 9 nitrogen and oxygen atoms in total. The third-order valence-corrected chi connectivity index (χ3v) is 5.21. The fourth-order valence-electron chi connectivity index (χ4n) is 3.24. The van der Waals surface area contributed by atoms with Gasteiger partial charge in [-0.15, -0.1) is 0 Å². The van der Waals surface area contributed by atoms with Crippen molar-refractivity contribution in [1.82, 2.24) is 15.3 Å². The molecule has 3 aromatic rings. The van der Waals surface area contributed by atoms with Gasteiger partial charge in [0.05, 0.1) is 13.7 Å². The Morgan fingerprint density at radius 2 is 1.66 bits per heavy atom. The Balaban J connectivity index is 1.47. The Kier molecular flexibility index (Phi) is 9.00. The molecule has 3 rings (SSSR count). The molecule has 0 bridgehead atoms. The molecule has 0 aliphatic heterocycles. The van der Waals surface area contributed by atoms with Crippen molar-refractivity contribution in [1.29, 1.82) is 0 Å². The van der Waals surface area contributed by atoms with Crippen LogP contribution in [-0.2, 0) is 16.0 Å². The number of likely N-dealkylation sites (N-methyl/N-ethyl adjacent to an activating group) is 1. The summed E-state index contributed by atoms with van der Waals surface area (Å²) in [5, 5.41) is 2.32. The van der Waals surface area contributed by atoms with Crippen LogP contribution in [0.25, 0.3) is 0 Å². The maximum absolute atomic E-state index is 11.9. The zero-order chi connectivity index (χ0) is 25.2. The molecule has 2 aromatic carbocycles. The van der Waals surface area contributed by atoms with Gasteiger partial charge >= 0.3 is 0 Å². The standard InChI is InChI=1S/C26H30N4O5/c1-18(26(32)29-19(2)31)15-20-5-7-22(8-6-20)34-14-13-30(3)24-16-25(28-17-27-24)35-23-11-9-21(33-4)10-12-23/h5-12,16-18H,13-15H2,1-4H3,(H,29,31,32). The molecule has 0 saturated heterocycles. The molecular formula is C26H30N4O5. The Hall–Kier alpha value is -4.14. The van der Waals surface area contributed by atoms with Gasteiger partial charge in [0, 0.05) is 26.0 Å². The quantitative estimate of drug-likeness (QED) is 0.446. The van der Waals surface area contributed by atoms with Gasteiger partial charge < -0.3 is 19.1 Å². The molecule has 35 heavy (non-hydrogen) atoms. The van der Waals surface area contributed by atoms with Crippen LogP contribution in [0.15, 0.2) is 60.9 Å². The number of hydrogen-bond acceptors (Lipinski definition) is 8. The van der Waals surface area contributed by atoms with E-state index in [4.69, 9.17) is 14.2 Å². The SMILES string of the molecule is COc1ccc(Oc2cc(N(C)CCOc3ccc(CC(C)C(=O)NC(C)=O)cc3)ncn2)cc1. The summed E-state index contributed by atoms with van der Waals surface area (Å²) in [7, 11) is 3.53. The third kappa shape index (κ3) is 7.99. The minimum absolute atomic E-state index is 0.275. The first-order chi connectivity index (χ1) is 16.8. The summed E-state index contributed by atoms with van der Waals surface area (Å²) >= 11 is 0. The largest absolute Gasteiger partial charge is 0.497 e. The van der Waals surface area contributed by atoms with Crippen LogP contribution in [0.2, 0.25) is 0 Å². The zero-order valence-electron chi connectivity index (χ0n) is 20.4. The van der Waals surface area contributed by atoms with Gasteiger partial charge in [-0.1, -0.05) is 19.1 Å². The average molecular weight is 479 g/mol. The van der Waals surface area contributed by atoms with Crippen molar-refractivity contribution < 1.29 is 23.8 Å². The minimum Gasteiger partial charge on any atom is -0.497 e. The number of anilines is 1. The van der Waals surface area contributed by atoms with Crippen molar-refractivity contribution in [2.24, 2.45) is 5.92 Å². The van der Waals surface area contributed by atoms with Crippen LogP contribution in [-0.4, -0.2) is 49.1 Å². The molecule has 0 aliphatic rings. The van der Waals surface area contributed by atoms with Crippen LogP contribution in [0, 0.1) is 5.92 Å². The molecule has 0 aliphatic carbocycles. The lowest BCUT2D eigenvalue weighted by Gasteiger charge is -2.19. The van der Waals surface area contributed by atoms with Crippen molar-refractivity contribution in [2.45, 2.75) is 20.3 Å². The lowest BCUT2D eigenvalue weighted by molar-refractivity contribution is -0.131. The van der Waals surface area contributed by atoms with Gasteiger partial charge in [0.25, 0.3) is 0 Å². The fraction of sp³-hybridized carbons (Fsp3) is 0.308. The number of methoxy groups -OCH3 is 1. The Morgan fingerprint density at radius 1 is 1.00 bits per heavy atom. The topological polar surface area (TPSA) is 103 Å². The number of benzene rings is 2. The van der Waals surface area contributed by atoms with Gasteiger partial charge in [0.15, 0.2) is 0 Å². The highest BCUT2D eigenvalue weighted by Crippen LogP contribution is 2.24. The number of imide groups is 1. The molecule has 0 fully saturated rings. The maximum Gasteiger partial charge on any atom is 0.229 e. The Labute approximate surface area is 205 Å². The summed E-state index contributed by atoms with van der Waals surface area (Å²) in [4.78, 5) is 33.4. The summed E-state index contributed by atoms with van der Waals surface area (Å²) in [5.74, 6) is 2.36. The van der Waals surface area contributed by atoms with Gasteiger partial charge in [-0.3, -0.25) is 14.9 Å². The molecule has 1 atom stereocenters. The number of nitrogens with zero attached hydrogens (tertiary/aromatic N) is 3. The molecule has 1 aromatic heterocycles. The van der Waals surface area contributed by atoms with Gasteiger partial charge in [-0.05, 0) is 48.4 Å². The molecule has 1 N–H and O–H groups in total. The zero-order valence-corrected chi connectivity index (χ0v) is 20.4. The van der Waals surface area contributed by atoms with Crippen molar-refractivity contribution in [3.8, 4) is 23.1 Å². The maximum atomic E-state index is 11.9. The monoisotopic (exact) mass is 478 g/mol. The summed E-state index contributed by atoms with van der Waals surface area (Å²) < 4.78 is 16.8. The predicted molar refractivity (Wildman–Crippen MR) is 132 cm³/mol. The van der Waals surface area contributed by atoms with Crippen LogP contribution < -0.4 is 24.4 Å². The molecular weight excluding hydrogens is 448 g/mol. The van der Waals surface area contributed by atoms with Crippen molar-refractivity contribution >= 4 is 17.6 Å². The number of carbonyl (C=O) groups excluding carboxylic acids is 2. The molecule has 2 amide bonds. The summed E-state index contributed by atoms with van der Waals surface area (Å²) in [6.45, 7) is 4.17. The van der Waals surface area contributed by atoms with Crippen LogP contribution in [0.3, 0.4) is 0 Å². The lowest BCUT2D eigenvalue weighted by Crippen LogP contribution is -2.33. The van der Waals surface area contributed by atoms with E-state index >= 15 is 0 Å². The van der Waals surface area contributed by atoms with Crippen molar-refractivity contribution in [3.63, 3.8) is 0 Å². The van der Waals surface area contributed by atoms with Gasteiger partial charge in [-0.25, -0.2) is 9.97 Å². The summed E-state index contributed by atoms with van der Waals surface area (Å²) in [6, 6.07) is 16.6. The number of amides is 2. The van der Waals surface area contributed by atoms with Crippen molar-refractivity contribution in [2.75, 3.05) is 32.2 Å². The molecule has 0 spiro atoms. The molecule has 0 radical (unpaired) electrons. The highest BCUT2D eigenvalue weighted by molar-refractivity contribution is 5.95. The first kappa shape index (κ1) is 25.5. The number of aromatic nitrogens is 2. The molecule has 1 heterocycles. The number of nitrogens with one attached hydrogen (secondary N) is 1. The van der Waals surface area contributed by atoms with Crippen LogP contribution in [0.5, 0.6) is 23.1 Å². The fourth-order valence-corrected chi connectivity index (χ4v) is 3.24. The number of ether oxygens (including phenoxy) is 3. The first-order valence-electron chi connectivity index (χ1n) is 11.2. The van der Waals surface area contributed by atoms with E-state index in [1.165, 1.54) is 13.3 Å². The van der Waals surface area contributed by atoms with E-state index in [1.54, 1.807) is 20.1 Å². The summed E-state index contributed by atoms with van der Waals surface area (Å²) in [6.07, 6.45) is 2.00. The van der Waals surface area contributed by atoms with E-state index in [2.05, 4.69) is 15.3 Å².